The monoisotopic (exact) mass is 346 g/mol. The van der Waals surface area contributed by atoms with Crippen LogP contribution < -0.4 is 10.1 Å². The maximum atomic E-state index is 12.1. The van der Waals surface area contributed by atoms with Crippen LogP contribution in [-0.4, -0.2) is 42.5 Å². The van der Waals surface area contributed by atoms with E-state index in [0.29, 0.717) is 13.0 Å². The fraction of sp³-hybridized carbons (Fsp3) is 0.600. The van der Waals surface area contributed by atoms with E-state index in [2.05, 4.69) is 5.32 Å². The van der Waals surface area contributed by atoms with Gasteiger partial charge in [0.2, 0.25) is 11.8 Å². The van der Waals surface area contributed by atoms with Crippen LogP contribution >= 0.6 is 0 Å². The molecule has 1 aromatic carbocycles. The number of hydrogen-bond acceptors (Lipinski definition) is 3. The molecule has 0 spiro atoms. The van der Waals surface area contributed by atoms with E-state index >= 15 is 0 Å². The fourth-order valence-electron chi connectivity index (χ4n) is 3.03. The molecule has 0 aromatic heterocycles. The van der Waals surface area contributed by atoms with Crippen LogP contribution in [-0.2, 0) is 9.59 Å². The molecule has 0 atom stereocenters. The second kappa shape index (κ2) is 8.88. The van der Waals surface area contributed by atoms with Crippen LogP contribution in [0.5, 0.6) is 5.75 Å². The van der Waals surface area contributed by atoms with Crippen LogP contribution in [0.1, 0.15) is 44.2 Å². The van der Waals surface area contributed by atoms with Gasteiger partial charge < -0.3 is 15.0 Å². The molecule has 1 heterocycles. The molecule has 2 rings (SSSR count). The minimum Gasteiger partial charge on any atom is -0.493 e. The lowest BCUT2D eigenvalue weighted by Gasteiger charge is -2.33. The Morgan fingerprint density at radius 2 is 1.92 bits per heavy atom. The molecule has 1 aliphatic heterocycles. The summed E-state index contributed by atoms with van der Waals surface area (Å²) >= 11 is 0. The highest BCUT2D eigenvalue weighted by Gasteiger charge is 2.24. The Kier molecular flexibility index (Phi) is 6.85. The summed E-state index contributed by atoms with van der Waals surface area (Å²) in [6.45, 7) is 9.69. The molecule has 0 bridgehead atoms. The van der Waals surface area contributed by atoms with Gasteiger partial charge in [-0.25, -0.2) is 0 Å². The summed E-state index contributed by atoms with van der Waals surface area (Å²) in [4.78, 5) is 26.0. The molecule has 1 N–H and O–H groups in total. The number of nitrogens with one attached hydrogen (secondary N) is 1. The van der Waals surface area contributed by atoms with Crippen molar-refractivity contribution in [3.8, 4) is 5.75 Å². The molecule has 5 heteroatoms. The topological polar surface area (TPSA) is 58.6 Å². The number of benzene rings is 1. The van der Waals surface area contributed by atoms with Gasteiger partial charge in [-0.1, -0.05) is 26.0 Å². The van der Waals surface area contributed by atoms with Gasteiger partial charge in [-0.2, -0.15) is 0 Å². The highest BCUT2D eigenvalue weighted by molar-refractivity contribution is 5.78. The number of ether oxygens (including phenoxy) is 1. The predicted molar refractivity (Wildman–Crippen MR) is 98.6 cm³/mol. The van der Waals surface area contributed by atoms with Crippen LogP contribution in [0.3, 0.4) is 0 Å². The SMILES string of the molecule is Cc1ccc(C)c(OCCC(=O)NC2CCN(C(=O)C(C)C)CC2)c1. The average Bonchev–Trinajstić information content (AvgIpc) is 2.58. The minimum atomic E-state index is 0.0129. The third-order valence-corrected chi connectivity index (χ3v) is 4.60. The van der Waals surface area contributed by atoms with Crippen LogP contribution in [0.4, 0.5) is 0 Å². The van der Waals surface area contributed by atoms with Crippen LogP contribution in [0.15, 0.2) is 18.2 Å². The first-order valence-electron chi connectivity index (χ1n) is 9.15. The van der Waals surface area contributed by atoms with Gasteiger partial charge in [0.25, 0.3) is 0 Å². The summed E-state index contributed by atoms with van der Waals surface area (Å²) in [5, 5.41) is 3.06. The first-order chi connectivity index (χ1) is 11.9. The number of hydrogen-bond donors (Lipinski definition) is 1. The molecule has 0 saturated carbocycles. The molecule has 1 aliphatic rings. The van der Waals surface area contributed by atoms with Crippen molar-refractivity contribution in [2.45, 2.75) is 53.0 Å². The van der Waals surface area contributed by atoms with E-state index in [-0.39, 0.29) is 23.8 Å². The first-order valence-corrected chi connectivity index (χ1v) is 9.15. The maximum Gasteiger partial charge on any atom is 0.225 e. The maximum absolute atomic E-state index is 12.1. The highest BCUT2D eigenvalue weighted by Crippen LogP contribution is 2.19. The highest BCUT2D eigenvalue weighted by atomic mass is 16.5. The number of carbonyl (C=O) groups is 2. The molecule has 2 amide bonds. The van der Waals surface area contributed by atoms with Crippen molar-refractivity contribution in [1.29, 1.82) is 0 Å². The third-order valence-electron chi connectivity index (χ3n) is 4.60. The molecule has 138 valence electrons. The molecular formula is C20H30N2O3. The van der Waals surface area contributed by atoms with Crippen LogP contribution in [0, 0.1) is 19.8 Å². The van der Waals surface area contributed by atoms with E-state index in [9.17, 15) is 9.59 Å². The van der Waals surface area contributed by atoms with Crippen molar-refractivity contribution < 1.29 is 14.3 Å². The van der Waals surface area contributed by atoms with E-state index in [0.717, 1.165) is 42.8 Å². The molecule has 5 nitrogen and oxygen atoms in total. The third kappa shape index (κ3) is 5.76. The second-order valence-electron chi connectivity index (χ2n) is 7.19. The zero-order valence-electron chi connectivity index (χ0n) is 15.8. The molecule has 25 heavy (non-hydrogen) atoms. The number of piperidine rings is 1. The lowest BCUT2D eigenvalue weighted by Crippen LogP contribution is -2.47. The summed E-state index contributed by atoms with van der Waals surface area (Å²) in [6, 6.07) is 6.22. The number of nitrogens with zero attached hydrogens (tertiary/aromatic N) is 1. The largest absolute Gasteiger partial charge is 0.493 e. The second-order valence-corrected chi connectivity index (χ2v) is 7.19. The van der Waals surface area contributed by atoms with Crippen molar-refractivity contribution in [2.75, 3.05) is 19.7 Å². The summed E-state index contributed by atoms with van der Waals surface area (Å²) in [7, 11) is 0. The Balaban J connectivity index is 1.69. The van der Waals surface area contributed by atoms with Crippen molar-refractivity contribution in [2.24, 2.45) is 5.92 Å². The Hall–Kier alpha value is -2.04. The molecule has 1 aromatic rings. The molecule has 1 fully saturated rings. The normalized spacial score (nSPS) is 15.3. The van der Waals surface area contributed by atoms with E-state index in [4.69, 9.17) is 4.74 Å². The Morgan fingerprint density at radius 1 is 1.24 bits per heavy atom. The number of aryl methyl sites for hydroxylation is 2. The van der Waals surface area contributed by atoms with Crippen molar-refractivity contribution >= 4 is 11.8 Å². The van der Waals surface area contributed by atoms with Gasteiger partial charge in [0, 0.05) is 25.0 Å². The molecule has 1 saturated heterocycles. The Morgan fingerprint density at radius 3 is 2.56 bits per heavy atom. The quantitative estimate of drug-likeness (QED) is 0.862. The Labute approximate surface area is 150 Å². The fourth-order valence-corrected chi connectivity index (χ4v) is 3.03. The van der Waals surface area contributed by atoms with Crippen molar-refractivity contribution in [1.82, 2.24) is 10.2 Å². The molecule has 0 radical (unpaired) electrons. The van der Waals surface area contributed by atoms with Gasteiger partial charge in [0.1, 0.15) is 5.75 Å². The van der Waals surface area contributed by atoms with Gasteiger partial charge in [0.05, 0.1) is 13.0 Å². The van der Waals surface area contributed by atoms with E-state index in [1.807, 2.05) is 50.8 Å². The number of amides is 2. The van der Waals surface area contributed by atoms with Gasteiger partial charge in [-0.05, 0) is 43.9 Å². The smallest absolute Gasteiger partial charge is 0.225 e. The van der Waals surface area contributed by atoms with Gasteiger partial charge in [-0.3, -0.25) is 9.59 Å². The van der Waals surface area contributed by atoms with Gasteiger partial charge in [0.15, 0.2) is 0 Å². The molecule has 0 unspecified atom stereocenters. The van der Waals surface area contributed by atoms with E-state index in [1.165, 1.54) is 0 Å². The van der Waals surface area contributed by atoms with E-state index in [1.54, 1.807) is 0 Å². The first kappa shape index (κ1) is 19.3. The van der Waals surface area contributed by atoms with Crippen molar-refractivity contribution in [3.05, 3.63) is 29.3 Å². The average molecular weight is 346 g/mol. The zero-order chi connectivity index (χ0) is 18.4. The van der Waals surface area contributed by atoms with E-state index < -0.39 is 0 Å². The van der Waals surface area contributed by atoms with Crippen LogP contribution in [0.25, 0.3) is 0 Å². The molecular weight excluding hydrogens is 316 g/mol. The zero-order valence-corrected chi connectivity index (χ0v) is 15.8. The van der Waals surface area contributed by atoms with Crippen LogP contribution in [0.2, 0.25) is 0 Å². The standard InChI is InChI=1S/C20H30N2O3/c1-14(2)20(24)22-10-7-17(8-11-22)21-19(23)9-12-25-18-13-15(3)5-6-16(18)4/h5-6,13-14,17H,7-12H2,1-4H3,(H,21,23). The van der Waals surface area contributed by atoms with Gasteiger partial charge in [-0.15, -0.1) is 0 Å². The summed E-state index contributed by atoms with van der Waals surface area (Å²) in [5.74, 6) is 1.09. The van der Waals surface area contributed by atoms with Gasteiger partial charge >= 0.3 is 0 Å². The number of carbonyl (C=O) groups excluding carboxylic acids is 2. The summed E-state index contributed by atoms with van der Waals surface area (Å²) in [5.41, 5.74) is 2.22. The molecule has 0 aliphatic carbocycles. The Bertz CT molecular complexity index is 605. The van der Waals surface area contributed by atoms with Crippen molar-refractivity contribution in [3.63, 3.8) is 0 Å². The summed E-state index contributed by atoms with van der Waals surface area (Å²) in [6.07, 6.45) is 1.99. The minimum absolute atomic E-state index is 0.0129. The number of likely N-dealkylation sites (tertiary alicyclic amines) is 1. The summed E-state index contributed by atoms with van der Waals surface area (Å²) < 4.78 is 5.74. The lowest BCUT2D eigenvalue weighted by molar-refractivity contribution is -0.135. The number of rotatable bonds is 6. The predicted octanol–water partition coefficient (Wildman–Crippen LogP) is 2.84. The lowest BCUT2D eigenvalue weighted by atomic mass is 10.0.